The average Bonchev–Trinajstić information content (AvgIpc) is 2.14. The maximum absolute atomic E-state index is 12.8. The van der Waals surface area contributed by atoms with Crippen LogP contribution in [0.4, 0.5) is 4.39 Å². The van der Waals surface area contributed by atoms with Gasteiger partial charge in [-0.15, -0.1) is 0 Å². The molecule has 0 aliphatic heterocycles. The summed E-state index contributed by atoms with van der Waals surface area (Å²) in [4.78, 5) is 20.9. The van der Waals surface area contributed by atoms with Crippen LogP contribution in [0, 0.1) is 5.82 Å². The first-order valence-electron chi connectivity index (χ1n) is 3.86. The Morgan fingerprint density at radius 3 is 2.71 bits per heavy atom. The van der Waals surface area contributed by atoms with Crippen molar-refractivity contribution >= 4 is 18.3 Å². The minimum atomic E-state index is -0.657. The van der Waals surface area contributed by atoms with Crippen LogP contribution in [0.3, 0.4) is 0 Å². The van der Waals surface area contributed by atoms with Crippen LogP contribution in [-0.4, -0.2) is 12.2 Å². The van der Waals surface area contributed by atoms with Gasteiger partial charge in [-0.2, -0.15) is 0 Å². The van der Waals surface area contributed by atoms with Crippen molar-refractivity contribution in [1.29, 1.82) is 0 Å². The smallest absolute Gasteiger partial charge is 0.249 e. The summed E-state index contributed by atoms with van der Waals surface area (Å²) in [6, 6.07) is 3.56. The Kier molecular flexibility index (Phi) is 3.12. The molecule has 0 radical (unpaired) electrons. The van der Waals surface area contributed by atoms with Crippen LogP contribution in [0.1, 0.15) is 15.9 Å². The van der Waals surface area contributed by atoms with E-state index in [0.29, 0.717) is 11.8 Å². The molecule has 0 heterocycles. The van der Waals surface area contributed by atoms with Gasteiger partial charge in [0.2, 0.25) is 5.91 Å². The molecule has 1 amide bonds. The summed E-state index contributed by atoms with van der Waals surface area (Å²) in [6.07, 6.45) is 3.03. The highest BCUT2D eigenvalue weighted by Crippen LogP contribution is 2.12. The van der Waals surface area contributed by atoms with Crippen molar-refractivity contribution in [2.75, 3.05) is 0 Å². The second-order valence-corrected chi connectivity index (χ2v) is 2.59. The number of rotatable bonds is 3. The predicted octanol–water partition coefficient (Wildman–Crippen LogP) is 1.14. The summed E-state index contributed by atoms with van der Waals surface area (Å²) in [5.74, 6) is -1.14. The molecule has 0 aliphatic carbocycles. The molecule has 0 unspecified atom stereocenters. The zero-order valence-electron chi connectivity index (χ0n) is 7.24. The maximum Gasteiger partial charge on any atom is 0.249 e. The van der Waals surface area contributed by atoms with Crippen LogP contribution in [0.15, 0.2) is 24.3 Å². The Labute approximate surface area is 80.0 Å². The van der Waals surface area contributed by atoms with Crippen LogP contribution >= 0.6 is 0 Å². The Balaban J connectivity index is 3.22. The Morgan fingerprint density at radius 1 is 1.43 bits per heavy atom. The monoisotopic (exact) mass is 193 g/mol. The first-order valence-corrected chi connectivity index (χ1v) is 3.86. The first-order chi connectivity index (χ1) is 6.65. The van der Waals surface area contributed by atoms with Crippen LogP contribution in [-0.2, 0) is 4.79 Å². The highest BCUT2D eigenvalue weighted by molar-refractivity contribution is 5.97. The number of allylic oxidation sites excluding steroid dienone is 1. The van der Waals surface area contributed by atoms with E-state index in [1.807, 2.05) is 0 Å². The standard InChI is InChI=1S/C10H8FNO2/c11-8-3-4-9(10(12)14)7(6-8)2-1-5-13/h1-6H,(H2,12,14). The van der Waals surface area contributed by atoms with Crippen molar-refractivity contribution in [1.82, 2.24) is 0 Å². The van der Waals surface area contributed by atoms with E-state index in [2.05, 4.69) is 0 Å². The van der Waals surface area contributed by atoms with E-state index in [4.69, 9.17) is 5.73 Å². The van der Waals surface area contributed by atoms with Crippen molar-refractivity contribution in [3.63, 3.8) is 0 Å². The minimum Gasteiger partial charge on any atom is -0.366 e. The van der Waals surface area contributed by atoms with Crippen molar-refractivity contribution in [3.05, 3.63) is 41.2 Å². The number of carbonyl (C=O) groups is 2. The van der Waals surface area contributed by atoms with Gasteiger partial charge in [-0.05, 0) is 29.8 Å². The largest absolute Gasteiger partial charge is 0.366 e. The molecule has 72 valence electrons. The molecule has 0 saturated heterocycles. The fourth-order valence-electron chi connectivity index (χ4n) is 1.04. The van der Waals surface area contributed by atoms with Crippen molar-refractivity contribution in [2.24, 2.45) is 5.73 Å². The van der Waals surface area contributed by atoms with Gasteiger partial charge in [0.05, 0.1) is 0 Å². The second kappa shape index (κ2) is 4.32. The molecular weight excluding hydrogens is 185 g/mol. The second-order valence-electron chi connectivity index (χ2n) is 2.59. The number of nitrogens with two attached hydrogens (primary N) is 1. The molecule has 0 saturated carbocycles. The summed E-state index contributed by atoms with van der Waals surface area (Å²) >= 11 is 0. The maximum atomic E-state index is 12.8. The van der Waals surface area contributed by atoms with Gasteiger partial charge in [0.25, 0.3) is 0 Å². The van der Waals surface area contributed by atoms with E-state index in [-0.39, 0.29) is 5.56 Å². The van der Waals surface area contributed by atoms with E-state index < -0.39 is 11.7 Å². The molecule has 0 fully saturated rings. The van der Waals surface area contributed by atoms with E-state index in [0.717, 1.165) is 12.1 Å². The van der Waals surface area contributed by atoms with Gasteiger partial charge in [-0.3, -0.25) is 9.59 Å². The lowest BCUT2D eigenvalue weighted by molar-refractivity contribution is -0.104. The fraction of sp³-hybridized carbons (Fsp3) is 0. The lowest BCUT2D eigenvalue weighted by atomic mass is 10.1. The quantitative estimate of drug-likeness (QED) is 0.578. The SMILES string of the molecule is NC(=O)c1ccc(F)cc1C=CC=O. The molecule has 0 bridgehead atoms. The Morgan fingerprint density at radius 2 is 2.14 bits per heavy atom. The number of benzene rings is 1. The molecule has 1 aromatic carbocycles. The zero-order chi connectivity index (χ0) is 10.6. The van der Waals surface area contributed by atoms with Gasteiger partial charge in [0.15, 0.2) is 0 Å². The highest BCUT2D eigenvalue weighted by Gasteiger charge is 2.06. The third-order valence-electron chi connectivity index (χ3n) is 1.63. The average molecular weight is 193 g/mol. The van der Waals surface area contributed by atoms with Crippen LogP contribution in [0.5, 0.6) is 0 Å². The number of aldehydes is 1. The number of primary amides is 1. The molecule has 0 spiro atoms. The lowest BCUT2D eigenvalue weighted by Crippen LogP contribution is -2.12. The third kappa shape index (κ3) is 2.26. The molecule has 0 aliphatic rings. The normalized spacial score (nSPS) is 10.4. The van der Waals surface area contributed by atoms with Gasteiger partial charge in [-0.1, -0.05) is 6.08 Å². The van der Waals surface area contributed by atoms with Crippen molar-refractivity contribution in [3.8, 4) is 0 Å². The van der Waals surface area contributed by atoms with Gasteiger partial charge in [0.1, 0.15) is 12.1 Å². The van der Waals surface area contributed by atoms with E-state index >= 15 is 0 Å². The molecule has 3 nitrogen and oxygen atoms in total. The number of halogens is 1. The molecule has 4 heteroatoms. The zero-order valence-corrected chi connectivity index (χ0v) is 7.24. The Hall–Kier alpha value is -1.97. The summed E-state index contributed by atoms with van der Waals surface area (Å²) in [7, 11) is 0. The number of amides is 1. The Bertz CT molecular complexity index is 399. The molecule has 1 rings (SSSR count). The molecule has 0 aromatic heterocycles. The lowest BCUT2D eigenvalue weighted by Gasteiger charge is -2.00. The summed E-state index contributed by atoms with van der Waals surface area (Å²) in [5, 5.41) is 0. The van der Waals surface area contributed by atoms with Crippen molar-refractivity contribution < 1.29 is 14.0 Å². The highest BCUT2D eigenvalue weighted by atomic mass is 19.1. The van der Waals surface area contributed by atoms with Crippen molar-refractivity contribution in [2.45, 2.75) is 0 Å². The van der Waals surface area contributed by atoms with Crippen LogP contribution < -0.4 is 5.73 Å². The number of hydrogen-bond acceptors (Lipinski definition) is 2. The van der Waals surface area contributed by atoms with Gasteiger partial charge in [-0.25, -0.2) is 4.39 Å². The number of hydrogen-bond donors (Lipinski definition) is 1. The van der Waals surface area contributed by atoms with E-state index in [1.54, 1.807) is 0 Å². The third-order valence-corrected chi connectivity index (χ3v) is 1.63. The van der Waals surface area contributed by atoms with Crippen LogP contribution in [0.25, 0.3) is 6.08 Å². The van der Waals surface area contributed by atoms with Crippen LogP contribution in [0.2, 0.25) is 0 Å². The minimum absolute atomic E-state index is 0.185. The predicted molar refractivity (Wildman–Crippen MR) is 50.0 cm³/mol. The van der Waals surface area contributed by atoms with Gasteiger partial charge >= 0.3 is 0 Å². The molecule has 1 aromatic rings. The summed E-state index contributed by atoms with van der Waals surface area (Å²) in [5.41, 5.74) is 5.53. The molecule has 0 atom stereocenters. The van der Waals surface area contributed by atoms with E-state index in [9.17, 15) is 14.0 Å². The van der Waals surface area contributed by atoms with Gasteiger partial charge in [0, 0.05) is 5.56 Å². The molecule has 14 heavy (non-hydrogen) atoms. The van der Waals surface area contributed by atoms with Gasteiger partial charge < -0.3 is 5.73 Å². The topological polar surface area (TPSA) is 60.2 Å². The number of carbonyl (C=O) groups excluding carboxylic acids is 2. The summed E-state index contributed by atoms with van der Waals surface area (Å²) < 4.78 is 12.8. The molecule has 2 N–H and O–H groups in total. The summed E-state index contributed by atoms with van der Waals surface area (Å²) in [6.45, 7) is 0. The first kappa shape index (κ1) is 10.1. The molecular formula is C10H8FNO2. The fourth-order valence-corrected chi connectivity index (χ4v) is 1.04. The van der Waals surface area contributed by atoms with E-state index in [1.165, 1.54) is 18.2 Å².